The van der Waals surface area contributed by atoms with Crippen molar-refractivity contribution >= 4 is 35.0 Å². The van der Waals surface area contributed by atoms with Crippen molar-refractivity contribution < 1.29 is 19.2 Å². The quantitative estimate of drug-likeness (QED) is 0.283. The van der Waals surface area contributed by atoms with Gasteiger partial charge in [-0.2, -0.15) is 0 Å². The number of fused-ring (bicyclic) bond motifs is 1. The molecule has 0 bridgehead atoms. The normalized spacial score (nSPS) is 14.9. The van der Waals surface area contributed by atoms with Gasteiger partial charge < -0.3 is 15.0 Å². The highest BCUT2D eigenvalue weighted by atomic mass is 16.6. The average Bonchev–Trinajstić information content (AvgIpc) is 2.86. The van der Waals surface area contributed by atoms with Crippen LogP contribution in [-0.4, -0.2) is 29.4 Å². The van der Waals surface area contributed by atoms with Gasteiger partial charge in [0.15, 0.2) is 6.10 Å². The van der Waals surface area contributed by atoms with E-state index >= 15 is 0 Å². The molecule has 178 valence electrons. The van der Waals surface area contributed by atoms with Crippen molar-refractivity contribution in [3.8, 4) is 5.75 Å². The van der Waals surface area contributed by atoms with Crippen LogP contribution in [0, 0.1) is 10.1 Å². The largest absolute Gasteiger partial charge is 0.479 e. The second-order valence-electron chi connectivity index (χ2n) is 8.19. The number of hydrogen-bond donors (Lipinski definition) is 1. The number of nitrogens with one attached hydrogen (secondary N) is 1. The van der Waals surface area contributed by atoms with Crippen LogP contribution < -0.4 is 15.0 Å². The first-order valence-corrected chi connectivity index (χ1v) is 11.3. The summed E-state index contributed by atoms with van der Waals surface area (Å²) in [6, 6.07) is 21.2. The number of amides is 2. The zero-order chi connectivity index (χ0) is 24.8. The van der Waals surface area contributed by atoms with Gasteiger partial charge in [0.25, 0.3) is 11.6 Å². The van der Waals surface area contributed by atoms with Crippen molar-refractivity contribution in [1.29, 1.82) is 0 Å². The maximum absolute atomic E-state index is 12.8. The van der Waals surface area contributed by atoms with Gasteiger partial charge in [0.2, 0.25) is 5.91 Å². The minimum atomic E-state index is -0.579. The van der Waals surface area contributed by atoms with Crippen LogP contribution in [0.25, 0.3) is 6.08 Å². The third kappa shape index (κ3) is 5.92. The Labute approximate surface area is 203 Å². The van der Waals surface area contributed by atoms with Crippen molar-refractivity contribution in [1.82, 2.24) is 0 Å². The number of benzene rings is 3. The smallest absolute Gasteiger partial charge is 0.269 e. The Bertz CT molecular complexity index is 1260. The molecule has 1 atom stereocenters. The van der Waals surface area contributed by atoms with Crippen LogP contribution in [-0.2, 0) is 16.0 Å². The number of carbonyl (C=O) groups is 2. The molecule has 1 heterocycles. The first-order valence-electron chi connectivity index (χ1n) is 11.3. The van der Waals surface area contributed by atoms with E-state index in [1.165, 1.54) is 23.8 Å². The molecule has 0 radical (unpaired) electrons. The molecular formula is C27H25N3O5. The van der Waals surface area contributed by atoms with Crippen molar-refractivity contribution in [2.75, 3.05) is 16.8 Å². The SMILES string of the molecule is CC1Oc2ccc(NC(=O)/C=C/c3ccc([N+](=O)[O-])cc3)cc2N(CCCc2ccccc2)C1=O. The van der Waals surface area contributed by atoms with E-state index in [2.05, 4.69) is 17.4 Å². The van der Waals surface area contributed by atoms with E-state index in [9.17, 15) is 19.7 Å². The number of nitrogens with zero attached hydrogens (tertiary/aromatic N) is 2. The molecule has 0 spiro atoms. The van der Waals surface area contributed by atoms with Gasteiger partial charge in [0.05, 0.1) is 10.6 Å². The van der Waals surface area contributed by atoms with Gasteiger partial charge in [-0.1, -0.05) is 30.3 Å². The molecule has 0 saturated heterocycles. The summed E-state index contributed by atoms with van der Waals surface area (Å²) in [5.74, 6) is 0.110. The van der Waals surface area contributed by atoms with Crippen LogP contribution in [0.1, 0.15) is 24.5 Å². The monoisotopic (exact) mass is 471 g/mol. The van der Waals surface area contributed by atoms with Crippen LogP contribution >= 0.6 is 0 Å². The molecule has 3 aromatic carbocycles. The number of anilines is 2. The van der Waals surface area contributed by atoms with Gasteiger partial charge in [-0.05, 0) is 67.3 Å². The number of hydrogen-bond acceptors (Lipinski definition) is 5. The Morgan fingerprint density at radius 2 is 1.86 bits per heavy atom. The summed E-state index contributed by atoms with van der Waals surface area (Å²) >= 11 is 0. The lowest BCUT2D eigenvalue weighted by molar-refractivity contribution is -0.384. The molecule has 0 aromatic heterocycles. The molecule has 8 nitrogen and oxygen atoms in total. The van der Waals surface area contributed by atoms with Crippen molar-refractivity contribution in [3.63, 3.8) is 0 Å². The first-order chi connectivity index (χ1) is 16.9. The summed E-state index contributed by atoms with van der Waals surface area (Å²) in [7, 11) is 0. The molecule has 8 heteroatoms. The summed E-state index contributed by atoms with van der Waals surface area (Å²) in [5.41, 5.74) is 3.01. The standard InChI is InChI=1S/C27H25N3O5/c1-19-27(32)29(17-5-8-20-6-3-2-4-7-20)24-18-22(12-15-25(24)35-19)28-26(31)16-11-21-9-13-23(14-10-21)30(33)34/h2-4,6-7,9-16,18-19H,5,8,17H2,1H3,(H,28,31)/b16-11+. The fourth-order valence-electron chi connectivity index (χ4n) is 3.86. The van der Waals surface area contributed by atoms with Gasteiger partial charge in [-0.25, -0.2) is 0 Å². The molecular weight excluding hydrogens is 446 g/mol. The molecule has 0 saturated carbocycles. The molecule has 0 aliphatic carbocycles. The number of aryl methyl sites for hydroxylation is 1. The zero-order valence-electron chi connectivity index (χ0n) is 19.2. The molecule has 4 rings (SSSR count). The van der Waals surface area contributed by atoms with Gasteiger partial charge in [0, 0.05) is 30.4 Å². The summed E-state index contributed by atoms with van der Waals surface area (Å²) < 4.78 is 5.76. The summed E-state index contributed by atoms with van der Waals surface area (Å²) in [5, 5.41) is 13.6. The maximum atomic E-state index is 12.8. The lowest BCUT2D eigenvalue weighted by Crippen LogP contribution is -2.45. The number of nitro benzene ring substituents is 1. The van der Waals surface area contributed by atoms with Crippen LogP contribution in [0.15, 0.2) is 78.9 Å². The molecule has 0 fully saturated rings. The second kappa shape index (κ2) is 10.6. The molecule has 3 aromatic rings. The van der Waals surface area contributed by atoms with E-state index in [1.807, 2.05) is 18.2 Å². The molecule has 35 heavy (non-hydrogen) atoms. The van der Waals surface area contributed by atoms with Crippen LogP contribution in [0.5, 0.6) is 5.75 Å². The number of nitro groups is 1. The summed E-state index contributed by atoms with van der Waals surface area (Å²) in [6.45, 7) is 2.26. The Morgan fingerprint density at radius 1 is 1.11 bits per heavy atom. The van der Waals surface area contributed by atoms with Gasteiger partial charge in [-0.3, -0.25) is 19.7 Å². The molecule has 1 aliphatic heterocycles. The lowest BCUT2D eigenvalue weighted by Gasteiger charge is -2.33. The van der Waals surface area contributed by atoms with Crippen LogP contribution in [0.2, 0.25) is 0 Å². The van der Waals surface area contributed by atoms with E-state index in [1.54, 1.807) is 48.2 Å². The minimum absolute atomic E-state index is 0.0138. The third-order valence-corrected chi connectivity index (χ3v) is 5.66. The Morgan fingerprint density at radius 3 is 2.57 bits per heavy atom. The average molecular weight is 472 g/mol. The van der Waals surface area contributed by atoms with E-state index in [-0.39, 0.29) is 17.5 Å². The van der Waals surface area contributed by atoms with E-state index in [4.69, 9.17) is 4.74 Å². The topological polar surface area (TPSA) is 102 Å². The minimum Gasteiger partial charge on any atom is -0.479 e. The highest BCUT2D eigenvalue weighted by Gasteiger charge is 2.31. The van der Waals surface area contributed by atoms with Gasteiger partial charge in [0.1, 0.15) is 5.75 Å². The lowest BCUT2D eigenvalue weighted by atomic mass is 10.1. The molecule has 2 amide bonds. The van der Waals surface area contributed by atoms with E-state index in [0.29, 0.717) is 29.2 Å². The van der Waals surface area contributed by atoms with Crippen molar-refractivity contribution in [2.24, 2.45) is 0 Å². The fourth-order valence-corrected chi connectivity index (χ4v) is 3.86. The molecule has 1 aliphatic rings. The number of rotatable bonds is 8. The number of carbonyl (C=O) groups excluding carboxylic acids is 2. The summed E-state index contributed by atoms with van der Waals surface area (Å²) in [4.78, 5) is 37.3. The highest BCUT2D eigenvalue weighted by Crippen LogP contribution is 2.36. The van der Waals surface area contributed by atoms with Crippen molar-refractivity contribution in [2.45, 2.75) is 25.9 Å². The van der Waals surface area contributed by atoms with Crippen molar-refractivity contribution in [3.05, 3.63) is 100 Å². The first kappa shape index (κ1) is 23.7. The number of non-ortho nitro benzene ring substituents is 1. The Hall–Kier alpha value is -4.46. The van der Waals surface area contributed by atoms with E-state index < -0.39 is 11.0 Å². The fraction of sp³-hybridized carbons (Fsp3) is 0.185. The van der Waals surface area contributed by atoms with Gasteiger partial charge in [-0.15, -0.1) is 0 Å². The zero-order valence-corrected chi connectivity index (χ0v) is 19.2. The predicted molar refractivity (Wildman–Crippen MR) is 134 cm³/mol. The van der Waals surface area contributed by atoms with Crippen LogP contribution in [0.4, 0.5) is 17.1 Å². The Kier molecular flexibility index (Phi) is 7.21. The molecule has 1 unspecified atom stereocenters. The van der Waals surface area contributed by atoms with Gasteiger partial charge >= 0.3 is 0 Å². The van der Waals surface area contributed by atoms with Crippen LogP contribution in [0.3, 0.4) is 0 Å². The predicted octanol–water partition coefficient (Wildman–Crippen LogP) is 4.99. The number of ether oxygens (including phenoxy) is 1. The Balaban J connectivity index is 1.44. The van der Waals surface area contributed by atoms with E-state index in [0.717, 1.165) is 12.8 Å². The maximum Gasteiger partial charge on any atom is 0.269 e. The second-order valence-corrected chi connectivity index (χ2v) is 8.19. The summed E-state index contributed by atoms with van der Waals surface area (Å²) in [6.07, 6.45) is 3.98. The highest BCUT2D eigenvalue weighted by molar-refractivity contribution is 6.04. The molecule has 1 N–H and O–H groups in total. The third-order valence-electron chi connectivity index (χ3n) is 5.66.